The topological polar surface area (TPSA) is 54.0 Å². The quantitative estimate of drug-likeness (QED) is 0.301. The van der Waals surface area contributed by atoms with Crippen molar-refractivity contribution in [3.8, 4) is 23.0 Å². The minimum atomic E-state index is 0.0863. The molecule has 0 atom stereocenters. The van der Waals surface area contributed by atoms with Gasteiger partial charge in [0.05, 0.1) is 21.3 Å². The van der Waals surface area contributed by atoms with Crippen LogP contribution in [0.5, 0.6) is 23.0 Å². The van der Waals surface area contributed by atoms with Gasteiger partial charge in [0.15, 0.2) is 28.8 Å². The molecule has 0 aliphatic rings. The van der Waals surface area contributed by atoms with Crippen molar-refractivity contribution in [2.45, 2.75) is 32.8 Å². The summed E-state index contributed by atoms with van der Waals surface area (Å²) in [5.41, 5.74) is 4.15. The van der Waals surface area contributed by atoms with Crippen LogP contribution in [-0.4, -0.2) is 27.1 Å². The van der Waals surface area contributed by atoms with Crippen molar-refractivity contribution < 1.29 is 23.7 Å². The molecule has 0 fully saturated rings. The Morgan fingerprint density at radius 1 is 0.794 bits per heavy atom. The molecule has 5 nitrogen and oxygen atoms in total. The Bertz CT molecular complexity index is 1120. The molecule has 0 heterocycles. The van der Waals surface area contributed by atoms with Crippen molar-refractivity contribution in [3.05, 3.63) is 89.0 Å². The molecule has 0 aliphatic carbocycles. The first-order valence-corrected chi connectivity index (χ1v) is 11.3. The second-order valence-electron chi connectivity index (χ2n) is 7.98. The predicted octanol–water partition coefficient (Wildman–Crippen LogP) is 6.21. The number of methoxy groups -OCH3 is 3. The Balaban J connectivity index is 1.56. The zero-order valence-electron chi connectivity index (χ0n) is 20.3. The molecule has 0 amide bonds. The van der Waals surface area contributed by atoms with Gasteiger partial charge in [0.2, 0.25) is 0 Å². The molecule has 0 unspecified atom stereocenters. The molecule has 0 radical (unpaired) electrons. The van der Waals surface area contributed by atoms with Crippen molar-refractivity contribution in [1.82, 2.24) is 0 Å². The zero-order chi connectivity index (χ0) is 24.3. The first kappa shape index (κ1) is 24.9. The predicted molar refractivity (Wildman–Crippen MR) is 135 cm³/mol. The molecule has 34 heavy (non-hydrogen) atoms. The van der Waals surface area contributed by atoms with Crippen LogP contribution in [0.4, 0.5) is 0 Å². The highest BCUT2D eigenvalue weighted by atomic mass is 16.5. The van der Waals surface area contributed by atoms with Gasteiger partial charge < -0.3 is 18.9 Å². The third-order valence-corrected chi connectivity index (χ3v) is 5.57. The van der Waals surface area contributed by atoms with Gasteiger partial charge in [0.1, 0.15) is 6.61 Å². The molecule has 0 spiro atoms. The van der Waals surface area contributed by atoms with E-state index >= 15 is 0 Å². The van der Waals surface area contributed by atoms with E-state index in [0.717, 1.165) is 35.1 Å². The van der Waals surface area contributed by atoms with Crippen LogP contribution in [0, 0.1) is 6.92 Å². The highest BCUT2D eigenvalue weighted by Gasteiger charge is 2.09. The number of rotatable bonds is 12. The lowest BCUT2D eigenvalue weighted by Crippen LogP contribution is -1.99. The van der Waals surface area contributed by atoms with E-state index in [-0.39, 0.29) is 5.78 Å². The Hall–Kier alpha value is -3.73. The van der Waals surface area contributed by atoms with E-state index in [1.807, 2.05) is 73.7 Å². The van der Waals surface area contributed by atoms with Crippen molar-refractivity contribution in [2.75, 3.05) is 21.3 Å². The second-order valence-corrected chi connectivity index (χ2v) is 7.98. The molecule has 178 valence electrons. The van der Waals surface area contributed by atoms with Crippen LogP contribution in [-0.2, 0) is 17.8 Å². The van der Waals surface area contributed by atoms with Crippen LogP contribution >= 0.6 is 0 Å². The third kappa shape index (κ3) is 6.88. The summed E-state index contributed by atoms with van der Waals surface area (Å²) >= 11 is 0. The summed E-state index contributed by atoms with van der Waals surface area (Å²) in [4.78, 5) is 12.4. The van der Waals surface area contributed by atoms with E-state index in [0.29, 0.717) is 36.0 Å². The summed E-state index contributed by atoms with van der Waals surface area (Å²) in [5.74, 6) is 2.81. The fourth-order valence-corrected chi connectivity index (χ4v) is 3.63. The molecule has 0 saturated heterocycles. The molecule has 0 N–H and O–H groups in total. The van der Waals surface area contributed by atoms with Gasteiger partial charge in [-0.3, -0.25) is 4.79 Å². The van der Waals surface area contributed by atoms with Gasteiger partial charge in [-0.25, -0.2) is 0 Å². The molecule has 0 bridgehead atoms. The standard InChI is InChI=1S/C29H32O5/c1-21-17-27(32-3)28(33-4)19-24(21)14-15-25(30)12-8-11-22-13-16-26(31-2)29(18-22)34-20-23-9-6-5-7-10-23/h5-7,9-10,13-19H,8,11-12,20H2,1-4H3/b15-14+. The smallest absolute Gasteiger partial charge is 0.161 e. The highest BCUT2D eigenvalue weighted by Crippen LogP contribution is 2.31. The first-order chi connectivity index (χ1) is 16.5. The lowest BCUT2D eigenvalue weighted by molar-refractivity contribution is -0.114. The van der Waals surface area contributed by atoms with Gasteiger partial charge in [-0.15, -0.1) is 0 Å². The molecular weight excluding hydrogens is 428 g/mol. The monoisotopic (exact) mass is 460 g/mol. The van der Waals surface area contributed by atoms with Gasteiger partial charge in [-0.05, 0) is 72.4 Å². The van der Waals surface area contributed by atoms with E-state index in [4.69, 9.17) is 18.9 Å². The lowest BCUT2D eigenvalue weighted by atomic mass is 10.0. The van der Waals surface area contributed by atoms with E-state index < -0.39 is 0 Å². The maximum absolute atomic E-state index is 12.4. The number of ketones is 1. The largest absolute Gasteiger partial charge is 0.493 e. The number of aryl methyl sites for hydroxylation is 2. The van der Waals surface area contributed by atoms with E-state index in [1.165, 1.54) is 0 Å². The normalized spacial score (nSPS) is 10.8. The Labute approximate surface area is 201 Å². The average Bonchev–Trinajstić information content (AvgIpc) is 2.87. The van der Waals surface area contributed by atoms with Crippen molar-refractivity contribution in [3.63, 3.8) is 0 Å². The minimum absolute atomic E-state index is 0.0863. The second kappa shape index (κ2) is 12.5. The molecule has 3 aromatic rings. The van der Waals surface area contributed by atoms with Gasteiger partial charge >= 0.3 is 0 Å². The van der Waals surface area contributed by atoms with E-state index in [2.05, 4.69) is 0 Å². The molecular formula is C29H32O5. The molecule has 0 aliphatic heterocycles. The van der Waals surface area contributed by atoms with Crippen LogP contribution < -0.4 is 18.9 Å². The lowest BCUT2D eigenvalue weighted by Gasteiger charge is -2.12. The van der Waals surface area contributed by atoms with Gasteiger partial charge in [-0.2, -0.15) is 0 Å². The Morgan fingerprint density at radius 3 is 2.21 bits per heavy atom. The average molecular weight is 461 g/mol. The maximum atomic E-state index is 12.4. The maximum Gasteiger partial charge on any atom is 0.161 e. The highest BCUT2D eigenvalue weighted by molar-refractivity contribution is 5.93. The number of hydrogen-bond acceptors (Lipinski definition) is 5. The number of allylic oxidation sites excluding steroid dienone is 1. The summed E-state index contributed by atoms with van der Waals surface area (Å²) in [7, 11) is 4.84. The molecule has 5 heteroatoms. The number of carbonyl (C=O) groups is 1. The van der Waals surface area contributed by atoms with Crippen molar-refractivity contribution in [2.24, 2.45) is 0 Å². The molecule has 0 saturated carbocycles. The minimum Gasteiger partial charge on any atom is -0.493 e. The van der Waals surface area contributed by atoms with Crippen LogP contribution in [0.15, 0.2) is 66.7 Å². The van der Waals surface area contributed by atoms with Crippen LogP contribution in [0.2, 0.25) is 0 Å². The fourth-order valence-electron chi connectivity index (χ4n) is 3.63. The summed E-state index contributed by atoms with van der Waals surface area (Å²) in [6.45, 7) is 2.45. The van der Waals surface area contributed by atoms with Gasteiger partial charge in [0.25, 0.3) is 0 Å². The molecule has 3 aromatic carbocycles. The van der Waals surface area contributed by atoms with Crippen LogP contribution in [0.3, 0.4) is 0 Å². The Kier molecular flexibility index (Phi) is 9.15. The summed E-state index contributed by atoms with van der Waals surface area (Å²) in [6.07, 6.45) is 5.47. The number of carbonyl (C=O) groups excluding carboxylic acids is 1. The van der Waals surface area contributed by atoms with E-state index in [1.54, 1.807) is 27.4 Å². The summed E-state index contributed by atoms with van der Waals surface area (Å²) in [5, 5.41) is 0. The van der Waals surface area contributed by atoms with Crippen molar-refractivity contribution in [1.29, 1.82) is 0 Å². The van der Waals surface area contributed by atoms with Gasteiger partial charge in [-0.1, -0.05) is 42.5 Å². The zero-order valence-corrected chi connectivity index (χ0v) is 20.3. The Morgan fingerprint density at radius 2 is 1.50 bits per heavy atom. The van der Waals surface area contributed by atoms with Crippen molar-refractivity contribution >= 4 is 11.9 Å². The van der Waals surface area contributed by atoms with Crippen LogP contribution in [0.25, 0.3) is 6.08 Å². The first-order valence-electron chi connectivity index (χ1n) is 11.3. The molecule has 0 aromatic heterocycles. The number of benzene rings is 3. The van der Waals surface area contributed by atoms with E-state index in [9.17, 15) is 4.79 Å². The molecule has 3 rings (SSSR count). The summed E-state index contributed by atoms with van der Waals surface area (Å²) in [6, 6.07) is 19.7. The SMILES string of the molecule is COc1cc(C)c(/C=C/C(=O)CCCc2ccc(OC)c(OCc3ccccc3)c2)cc1OC. The third-order valence-electron chi connectivity index (χ3n) is 5.57. The van der Waals surface area contributed by atoms with Crippen LogP contribution in [0.1, 0.15) is 35.1 Å². The summed E-state index contributed by atoms with van der Waals surface area (Å²) < 4.78 is 22.1. The number of hydrogen-bond donors (Lipinski definition) is 0. The fraction of sp³-hybridized carbons (Fsp3) is 0.276. The van der Waals surface area contributed by atoms with Gasteiger partial charge in [0, 0.05) is 6.42 Å². The number of ether oxygens (including phenoxy) is 4.